The summed E-state index contributed by atoms with van der Waals surface area (Å²) in [5, 5.41) is 10.2. The number of pyridine rings is 1. The zero-order valence-electron chi connectivity index (χ0n) is 14.0. The second kappa shape index (κ2) is 8.32. The average molecular weight is 332 g/mol. The minimum Gasteiger partial charge on any atom is -0.339 e. The summed E-state index contributed by atoms with van der Waals surface area (Å²) in [6, 6.07) is 6.28. The molecule has 124 valence electrons. The van der Waals surface area contributed by atoms with Gasteiger partial charge in [-0.3, -0.25) is 9.69 Å². The number of aromatic nitrogens is 1. The molecule has 5 nitrogen and oxygen atoms in total. The van der Waals surface area contributed by atoms with Gasteiger partial charge in [0.25, 0.3) is 0 Å². The molecule has 1 aliphatic heterocycles. The van der Waals surface area contributed by atoms with Gasteiger partial charge in [-0.25, -0.2) is 4.98 Å². The van der Waals surface area contributed by atoms with Gasteiger partial charge in [-0.05, 0) is 24.5 Å². The number of carbonyl (C=O) groups is 1. The van der Waals surface area contributed by atoms with Crippen LogP contribution < -0.4 is 0 Å². The fraction of sp³-hybridized carbons (Fsp3) is 0.588. The summed E-state index contributed by atoms with van der Waals surface area (Å²) in [5.41, 5.74) is 1.12. The minimum absolute atomic E-state index is 0.0571. The molecule has 6 heteroatoms. The van der Waals surface area contributed by atoms with E-state index in [-0.39, 0.29) is 11.9 Å². The molecule has 0 aromatic carbocycles. The first kappa shape index (κ1) is 17.8. The molecule has 0 spiro atoms. The summed E-state index contributed by atoms with van der Waals surface area (Å²) in [7, 11) is 0. The Morgan fingerprint density at radius 3 is 2.57 bits per heavy atom. The average Bonchev–Trinajstić information content (AvgIpc) is 2.55. The highest BCUT2D eigenvalue weighted by molar-refractivity contribution is 7.99. The molecule has 1 saturated heterocycles. The highest BCUT2D eigenvalue weighted by Crippen LogP contribution is 2.17. The van der Waals surface area contributed by atoms with Crippen molar-refractivity contribution in [2.24, 2.45) is 5.92 Å². The Balaban J connectivity index is 1.79. The van der Waals surface area contributed by atoms with Crippen LogP contribution in [0.25, 0.3) is 0 Å². The molecule has 1 unspecified atom stereocenters. The van der Waals surface area contributed by atoms with Crippen molar-refractivity contribution >= 4 is 17.7 Å². The molecule has 0 bridgehead atoms. The molecule has 0 saturated carbocycles. The summed E-state index contributed by atoms with van der Waals surface area (Å²) in [4.78, 5) is 20.7. The molecule has 1 fully saturated rings. The van der Waals surface area contributed by atoms with Gasteiger partial charge in [0.1, 0.15) is 6.04 Å². The van der Waals surface area contributed by atoms with Gasteiger partial charge >= 0.3 is 0 Å². The van der Waals surface area contributed by atoms with Crippen LogP contribution in [0.5, 0.6) is 0 Å². The summed E-state index contributed by atoms with van der Waals surface area (Å²) >= 11 is 1.48. The lowest BCUT2D eigenvalue weighted by molar-refractivity contribution is -0.130. The number of amides is 1. The molecule has 1 aliphatic rings. The molecule has 0 aliphatic carbocycles. The quantitative estimate of drug-likeness (QED) is 0.774. The van der Waals surface area contributed by atoms with Crippen molar-refractivity contribution in [2.45, 2.75) is 31.8 Å². The summed E-state index contributed by atoms with van der Waals surface area (Å²) in [6.45, 7) is 9.08. The second-order valence-corrected chi connectivity index (χ2v) is 7.19. The van der Waals surface area contributed by atoms with Gasteiger partial charge in [0.05, 0.1) is 16.8 Å². The Hall–Kier alpha value is -1.58. The number of nitrogens with zero attached hydrogens (tertiary/aromatic N) is 4. The van der Waals surface area contributed by atoms with Gasteiger partial charge in [-0.1, -0.05) is 31.7 Å². The molecular formula is C17H24N4OS. The Morgan fingerprint density at radius 1 is 1.35 bits per heavy atom. The SMILES string of the molecule is Cc1ccc(SCC(=O)N2CCN(C(C#N)C(C)C)CC2)nc1. The van der Waals surface area contributed by atoms with E-state index in [0.29, 0.717) is 24.8 Å². The third kappa shape index (κ3) is 4.95. The predicted molar refractivity (Wildman–Crippen MR) is 92.1 cm³/mol. The number of nitriles is 1. The maximum absolute atomic E-state index is 12.3. The van der Waals surface area contributed by atoms with Crippen LogP contribution in [0.2, 0.25) is 0 Å². The molecule has 23 heavy (non-hydrogen) atoms. The summed E-state index contributed by atoms with van der Waals surface area (Å²) in [5.74, 6) is 0.877. The van der Waals surface area contributed by atoms with Crippen molar-refractivity contribution in [1.29, 1.82) is 5.26 Å². The first-order valence-corrected chi connectivity index (χ1v) is 8.96. The lowest BCUT2D eigenvalue weighted by Gasteiger charge is -2.38. The number of hydrogen-bond acceptors (Lipinski definition) is 5. The molecule has 1 aromatic heterocycles. The van der Waals surface area contributed by atoms with Crippen LogP contribution in [0.15, 0.2) is 23.4 Å². The van der Waals surface area contributed by atoms with E-state index in [4.69, 9.17) is 0 Å². The number of piperazine rings is 1. The fourth-order valence-corrected chi connectivity index (χ4v) is 3.41. The van der Waals surface area contributed by atoms with Crippen LogP contribution in [-0.2, 0) is 4.79 Å². The molecule has 1 amide bonds. The van der Waals surface area contributed by atoms with Crippen molar-refractivity contribution < 1.29 is 4.79 Å². The number of aryl methyl sites for hydroxylation is 1. The van der Waals surface area contributed by atoms with E-state index in [1.165, 1.54) is 11.8 Å². The van der Waals surface area contributed by atoms with Gasteiger partial charge in [0.15, 0.2) is 0 Å². The van der Waals surface area contributed by atoms with Gasteiger partial charge < -0.3 is 4.90 Å². The minimum atomic E-state index is -0.0571. The van der Waals surface area contributed by atoms with Crippen LogP contribution in [-0.4, -0.2) is 58.7 Å². The molecule has 0 radical (unpaired) electrons. The van der Waals surface area contributed by atoms with Crippen molar-refractivity contribution in [1.82, 2.24) is 14.8 Å². The van der Waals surface area contributed by atoms with Gasteiger partial charge in [-0.2, -0.15) is 5.26 Å². The van der Waals surface area contributed by atoms with Crippen LogP contribution >= 0.6 is 11.8 Å². The Morgan fingerprint density at radius 2 is 2.04 bits per heavy atom. The fourth-order valence-electron chi connectivity index (χ4n) is 2.67. The molecule has 1 atom stereocenters. The Kier molecular flexibility index (Phi) is 6.43. The second-order valence-electron chi connectivity index (χ2n) is 6.20. The number of rotatable bonds is 5. The van der Waals surface area contributed by atoms with E-state index in [9.17, 15) is 10.1 Å². The first-order chi connectivity index (χ1) is 11.0. The standard InChI is InChI=1S/C17H24N4OS/c1-13(2)15(10-18)20-6-8-21(9-7-20)17(22)12-23-16-5-4-14(3)11-19-16/h4-5,11,13,15H,6-9,12H2,1-3H3. The normalized spacial score (nSPS) is 17.1. The van der Waals surface area contributed by atoms with Crippen LogP contribution in [0, 0.1) is 24.2 Å². The highest BCUT2D eigenvalue weighted by Gasteiger charge is 2.27. The van der Waals surface area contributed by atoms with Crippen molar-refractivity contribution in [3.8, 4) is 6.07 Å². The third-order valence-corrected chi connectivity index (χ3v) is 4.98. The number of thioether (sulfide) groups is 1. The van der Waals surface area contributed by atoms with E-state index < -0.39 is 0 Å². The molecule has 1 aromatic rings. The van der Waals surface area contributed by atoms with E-state index in [2.05, 4.69) is 29.8 Å². The van der Waals surface area contributed by atoms with Crippen LogP contribution in [0.4, 0.5) is 0 Å². The Bertz CT molecular complexity index is 559. The first-order valence-electron chi connectivity index (χ1n) is 7.98. The maximum atomic E-state index is 12.3. The van der Waals surface area contributed by atoms with E-state index in [1.54, 1.807) is 0 Å². The lowest BCUT2D eigenvalue weighted by Crippen LogP contribution is -2.53. The van der Waals surface area contributed by atoms with E-state index in [1.807, 2.05) is 30.2 Å². The van der Waals surface area contributed by atoms with E-state index in [0.717, 1.165) is 23.7 Å². The van der Waals surface area contributed by atoms with Crippen molar-refractivity contribution in [3.63, 3.8) is 0 Å². The van der Waals surface area contributed by atoms with Gasteiger partial charge in [-0.15, -0.1) is 0 Å². The number of carbonyl (C=O) groups excluding carboxylic acids is 1. The molecule has 2 rings (SSSR count). The summed E-state index contributed by atoms with van der Waals surface area (Å²) < 4.78 is 0. The molecule has 2 heterocycles. The third-order valence-electron chi connectivity index (χ3n) is 4.05. The van der Waals surface area contributed by atoms with Crippen LogP contribution in [0.3, 0.4) is 0 Å². The van der Waals surface area contributed by atoms with Crippen molar-refractivity contribution in [2.75, 3.05) is 31.9 Å². The van der Waals surface area contributed by atoms with Gasteiger partial charge in [0.2, 0.25) is 5.91 Å². The predicted octanol–water partition coefficient (Wildman–Crippen LogP) is 2.17. The Labute approximate surface area is 142 Å². The zero-order chi connectivity index (χ0) is 16.8. The largest absolute Gasteiger partial charge is 0.339 e. The number of hydrogen-bond donors (Lipinski definition) is 0. The van der Waals surface area contributed by atoms with Crippen LogP contribution in [0.1, 0.15) is 19.4 Å². The topological polar surface area (TPSA) is 60.2 Å². The lowest BCUT2D eigenvalue weighted by atomic mass is 10.0. The highest BCUT2D eigenvalue weighted by atomic mass is 32.2. The van der Waals surface area contributed by atoms with Crippen molar-refractivity contribution in [3.05, 3.63) is 23.9 Å². The van der Waals surface area contributed by atoms with Gasteiger partial charge in [0, 0.05) is 32.4 Å². The molecular weight excluding hydrogens is 308 g/mol. The monoisotopic (exact) mass is 332 g/mol. The smallest absolute Gasteiger partial charge is 0.233 e. The molecule has 0 N–H and O–H groups in total. The zero-order valence-corrected chi connectivity index (χ0v) is 14.8. The maximum Gasteiger partial charge on any atom is 0.233 e. The van der Waals surface area contributed by atoms with E-state index >= 15 is 0 Å². The summed E-state index contributed by atoms with van der Waals surface area (Å²) in [6.07, 6.45) is 1.82.